The van der Waals surface area contributed by atoms with E-state index in [2.05, 4.69) is 15.2 Å². The maximum Gasteiger partial charge on any atom is 0.434 e. The molecule has 0 fully saturated rings. The van der Waals surface area contributed by atoms with Crippen LogP contribution in [0.15, 0.2) is 17.2 Å². The minimum Gasteiger partial charge on any atom is -0.472 e. The number of alkyl halides is 7. The van der Waals surface area contributed by atoms with Crippen LogP contribution >= 0.6 is 11.3 Å². The van der Waals surface area contributed by atoms with Crippen LogP contribution in [0.25, 0.3) is 16.1 Å². The van der Waals surface area contributed by atoms with E-state index in [1.54, 1.807) is 0 Å². The van der Waals surface area contributed by atoms with Gasteiger partial charge in [0, 0.05) is 18.7 Å². The Morgan fingerprint density at radius 1 is 1.17 bits per heavy atom. The number of aromatic nitrogens is 5. The second-order valence-corrected chi connectivity index (χ2v) is 6.84. The zero-order chi connectivity index (χ0) is 21.8. The second kappa shape index (κ2) is 6.67. The molecule has 3 aromatic heterocycles. The molecule has 0 atom stereocenters. The van der Waals surface area contributed by atoms with Gasteiger partial charge in [-0.3, -0.25) is 9.48 Å². The molecule has 0 aromatic carbocycles. The average molecular weight is 445 g/mol. The first-order chi connectivity index (χ1) is 13.2. The van der Waals surface area contributed by atoms with Crippen molar-refractivity contribution in [3.63, 3.8) is 0 Å². The lowest BCUT2D eigenvalue weighted by molar-refractivity contribution is -0.205. The monoisotopic (exact) mass is 445 g/mol. The van der Waals surface area contributed by atoms with Crippen molar-refractivity contribution < 1.29 is 35.5 Å². The fraction of sp³-hybridized carbons (Fsp3) is 0.429. The first kappa shape index (κ1) is 21.0. The first-order valence-electron chi connectivity index (χ1n) is 7.58. The van der Waals surface area contributed by atoms with Gasteiger partial charge in [0.1, 0.15) is 6.54 Å². The van der Waals surface area contributed by atoms with Gasteiger partial charge in [0.25, 0.3) is 10.8 Å². The van der Waals surface area contributed by atoms with E-state index in [0.717, 1.165) is 0 Å². The zero-order valence-corrected chi connectivity index (χ0v) is 15.3. The lowest BCUT2D eigenvalue weighted by Gasteiger charge is -2.22. The van der Waals surface area contributed by atoms with E-state index in [1.165, 1.54) is 7.11 Å². The van der Waals surface area contributed by atoms with Gasteiger partial charge in [-0.1, -0.05) is 0 Å². The molecule has 0 radical (unpaired) electrons. The molecule has 3 heterocycles. The molecular formula is C14H10F7N5O2S. The van der Waals surface area contributed by atoms with Gasteiger partial charge in [-0.05, 0) is 11.3 Å². The predicted molar refractivity (Wildman–Crippen MR) is 85.5 cm³/mol. The molecule has 0 aliphatic rings. The van der Waals surface area contributed by atoms with Crippen LogP contribution in [0.3, 0.4) is 0 Å². The van der Waals surface area contributed by atoms with Gasteiger partial charge in [0.05, 0.1) is 18.9 Å². The third-order valence-corrected chi connectivity index (χ3v) is 4.63. The van der Waals surface area contributed by atoms with E-state index in [-0.39, 0.29) is 12.1 Å². The van der Waals surface area contributed by atoms with Gasteiger partial charge in [-0.15, -0.1) is 5.10 Å². The van der Waals surface area contributed by atoms with Crippen LogP contribution in [0.5, 0.6) is 5.19 Å². The van der Waals surface area contributed by atoms with E-state index in [4.69, 9.17) is 4.74 Å². The van der Waals surface area contributed by atoms with E-state index in [0.29, 0.717) is 32.9 Å². The highest BCUT2D eigenvalue weighted by Crippen LogP contribution is 2.37. The van der Waals surface area contributed by atoms with Crippen LogP contribution in [0, 0.1) is 0 Å². The number of methoxy groups -OCH3 is 1. The average Bonchev–Trinajstić information content (AvgIpc) is 3.19. The highest BCUT2D eigenvalue weighted by Gasteiger charge is 2.52. The van der Waals surface area contributed by atoms with Crippen LogP contribution < -0.4 is 10.3 Å². The second-order valence-electron chi connectivity index (χ2n) is 5.92. The van der Waals surface area contributed by atoms with Crippen LogP contribution in [-0.2, 0) is 12.7 Å². The maximum atomic E-state index is 13.5. The van der Waals surface area contributed by atoms with E-state index in [1.807, 2.05) is 0 Å². The molecule has 0 spiro atoms. The molecule has 0 aliphatic carbocycles. The standard InChI is InChI=1S/C14H10F7N5O2S/c1-12(15,16)13(17,18)5-25-4-6(3-22-25)7-8(14(19,20)21)23-10-26(9(7)27)24-11(28-2)29-10/h3-4H,5H2,1-2H3. The minimum atomic E-state index is -5.08. The number of rotatable bonds is 5. The summed E-state index contributed by atoms with van der Waals surface area (Å²) in [7, 11) is 1.18. The Morgan fingerprint density at radius 3 is 2.38 bits per heavy atom. The Bertz CT molecular complexity index is 1110. The quantitative estimate of drug-likeness (QED) is 0.564. The Balaban J connectivity index is 2.16. The minimum absolute atomic E-state index is 0.000960. The third-order valence-electron chi connectivity index (χ3n) is 3.76. The molecule has 0 N–H and O–H groups in total. The summed E-state index contributed by atoms with van der Waals surface area (Å²) < 4.78 is 99.1. The van der Waals surface area contributed by atoms with Crippen LogP contribution in [0.1, 0.15) is 12.6 Å². The molecule has 29 heavy (non-hydrogen) atoms. The normalized spacial score (nSPS) is 13.3. The summed E-state index contributed by atoms with van der Waals surface area (Å²) in [6.07, 6.45) is -3.78. The molecule has 15 heteroatoms. The molecule has 3 rings (SSSR count). The SMILES string of the molecule is COc1nn2c(=O)c(-c3cnn(CC(F)(F)C(C)(F)F)c3)c(C(F)(F)F)nc2s1. The summed E-state index contributed by atoms with van der Waals surface area (Å²) in [5, 5.41) is 6.90. The molecule has 0 saturated heterocycles. The highest BCUT2D eigenvalue weighted by atomic mass is 32.1. The van der Waals surface area contributed by atoms with Crippen molar-refractivity contribution in [3.05, 3.63) is 28.4 Å². The van der Waals surface area contributed by atoms with Crippen molar-refractivity contribution in [1.82, 2.24) is 24.4 Å². The van der Waals surface area contributed by atoms with Crippen molar-refractivity contribution in [2.24, 2.45) is 0 Å². The Labute approximate surface area is 160 Å². The Kier molecular flexibility index (Phi) is 4.83. The summed E-state index contributed by atoms with van der Waals surface area (Å²) in [4.78, 5) is 15.6. The zero-order valence-electron chi connectivity index (χ0n) is 14.5. The lowest BCUT2D eigenvalue weighted by atomic mass is 10.1. The molecular weight excluding hydrogens is 435 g/mol. The van der Waals surface area contributed by atoms with E-state index >= 15 is 0 Å². The topological polar surface area (TPSA) is 74.3 Å². The van der Waals surface area contributed by atoms with Crippen molar-refractivity contribution in [3.8, 4) is 16.3 Å². The summed E-state index contributed by atoms with van der Waals surface area (Å²) in [6.45, 7) is -1.61. The van der Waals surface area contributed by atoms with Gasteiger partial charge in [-0.2, -0.15) is 31.6 Å². The number of fused-ring (bicyclic) bond motifs is 1. The number of hydrogen-bond acceptors (Lipinski definition) is 6. The highest BCUT2D eigenvalue weighted by molar-refractivity contribution is 7.18. The fourth-order valence-electron chi connectivity index (χ4n) is 2.30. The number of hydrogen-bond donors (Lipinski definition) is 0. The van der Waals surface area contributed by atoms with Gasteiger partial charge in [-0.25, -0.2) is 13.8 Å². The smallest absolute Gasteiger partial charge is 0.434 e. The maximum absolute atomic E-state index is 13.5. The van der Waals surface area contributed by atoms with Crippen molar-refractivity contribution in [2.75, 3.05) is 7.11 Å². The van der Waals surface area contributed by atoms with Gasteiger partial charge >= 0.3 is 18.0 Å². The summed E-state index contributed by atoms with van der Waals surface area (Å²) in [5.74, 6) is -8.92. The third kappa shape index (κ3) is 3.77. The van der Waals surface area contributed by atoms with Crippen LogP contribution in [-0.4, -0.2) is 43.3 Å². The molecule has 3 aromatic rings. The van der Waals surface area contributed by atoms with Crippen molar-refractivity contribution in [1.29, 1.82) is 0 Å². The van der Waals surface area contributed by atoms with Gasteiger partial charge in [0.15, 0.2) is 5.69 Å². The Hall–Kier alpha value is -2.71. The van der Waals surface area contributed by atoms with Gasteiger partial charge < -0.3 is 4.74 Å². The Morgan fingerprint density at radius 2 is 1.83 bits per heavy atom. The number of ether oxygens (including phenoxy) is 1. The van der Waals surface area contributed by atoms with E-state index in [9.17, 15) is 35.5 Å². The number of halogens is 7. The molecule has 0 amide bonds. The molecule has 0 aliphatic heterocycles. The molecule has 0 bridgehead atoms. The van der Waals surface area contributed by atoms with Crippen LogP contribution in [0.2, 0.25) is 0 Å². The van der Waals surface area contributed by atoms with Gasteiger partial charge in [0.2, 0.25) is 4.96 Å². The molecule has 7 nitrogen and oxygen atoms in total. The largest absolute Gasteiger partial charge is 0.472 e. The van der Waals surface area contributed by atoms with Crippen LogP contribution in [0.4, 0.5) is 30.7 Å². The molecule has 0 saturated carbocycles. The first-order valence-corrected chi connectivity index (χ1v) is 8.40. The van der Waals surface area contributed by atoms with Crippen molar-refractivity contribution >= 4 is 16.3 Å². The van der Waals surface area contributed by atoms with Crippen molar-refractivity contribution in [2.45, 2.75) is 31.5 Å². The summed E-state index contributed by atoms with van der Waals surface area (Å²) in [5.41, 5.74) is -4.40. The molecule has 0 unspecified atom stereocenters. The number of nitrogens with zero attached hydrogens (tertiary/aromatic N) is 5. The summed E-state index contributed by atoms with van der Waals surface area (Å²) in [6, 6.07) is 0. The lowest BCUT2D eigenvalue weighted by Crippen LogP contribution is -2.41. The fourth-order valence-corrected chi connectivity index (χ4v) is 3.01. The van der Waals surface area contributed by atoms with E-state index < -0.39 is 51.9 Å². The summed E-state index contributed by atoms with van der Waals surface area (Å²) >= 11 is 0.577. The molecule has 158 valence electrons. The predicted octanol–water partition coefficient (Wildman–Crippen LogP) is 3.33.